The van der Waals surface area contributed by atoms with Crippen molar-refractivity contribution in [3.8, 4) is 11.1 Å². The predicted molar refractivity (Wildman–Crippen MR) is 386 cm³/mol. The minimum Gasteiger partial charge on any atom is -0.311 e. The third-order valence-electron chi connectivity index (χ3n) is 24.4. The Kier molecular flexibility index (Phi) is 11.2. The van der Waals surface area contributed by atoms with Crippen LogP contribution in [-0.2, 0) is 43.3 Å². The standard InChI is InChI=1S/C88H83BN2/c1-81(2)58-29-19-21-31-60(58)83(5,6)68-46-56(39-41-66(68)81)90-76-50-72-70(85(9,10)62-33-23-25-35-64(62)87(72,13)14)48-74(76)89-75-49-71-73(88(15,16)65-36-26-24-34-63(65)86(71,11)12)51-77(75)91(57-40-42-67-69(47-57)84(7,8)61-32-22-20-30-59(61)82(67,3)4)79-45-55(44-78(90)80(79)89)54-38-37-52-27-17-18-28-53(52)43-54/h17-51H,1-16H3. The number of nitrogens with zero attached hydrogens (tertiary/aromatic N) is 2. The van der Waals surface area contributed by atoms with Gasteiger partial charge in [-0.05, 0) is 182 Å². The molecule has 0 bridgehead atoms. The second-order valence-electron chi connectivity index (χ2n) is 32.1. The molecule has 11 aromatic carbocycles. The van der Waals surface area contributed by atoms with Crippen molar-refractivity contribution >= 4 is 68.0 Å². The molecule has 448 valence electrons. The molecule has 0 saturated carbocycles. The molecule has 6 aliphatic rings. The first-order valence-electron chi connectivity index (χ1n) is 33.5. The summed E-state index contributed by atoms with van der Waals surface area (Å²) in [5.74, 6) is 0. The highest BCUT2D eigenvalue weighted by atomic mass is 15.2. The Bertz CT molecular complexity index is 4760. The van der Waals surface area contributed by atoms with Crippen molar-refractivity contribution < 1.29 is 0 Å². The summed E-state index contributed by atoms with van der Waals surface area (Å²) in [6.45, 7) is 39.3. The molecule has 2 nitrogen and oxygen atoms in total. The Morgan fingerprint density at radius 2 is 0.505 bits per heavy atom. The highest BCUT2D eigenvalue weighted by Crippen LogP contribution is 2.59. The zero-order chi connectivity index (χ0) is 63.2. The molecule has 0 amide bonds. The fourth-order valence-corrected chi connectivity index (χ4v) is 19.2. The van der Waals surface area contributed by atoms with Crippen LogP contribution in [0.5, 0.6) is 0 Å². The van der Waals surface area contributed by atoms with E-state index in [2.05, 4.69) is 333 Å². The lowest BCUT2D eigenvalue weighted by molar-refractivity contribution is 0.520. The monoisotopic (exact) mass is 1180 g/mol. The maximum Gasteiger partial charge on any atom is 0.252 e. The van der Waals surface area contributed by atoms with Crippen LogP contribution in [0.4, 0.5) is 34.1 Å². The maximum absolute atomic E-state index is 2.74. The van der Waals surface area contributed by atoms with Crippen molar-refractivity contribution in [1.29, 1.82) is 0 Å². The number of benzene rings is 11. The van der Waals surface area contributed by atoms with Crippen molar-refractivity contribution in [3.05, 3.63) is 301 Å². The molecule has 17 rings (SSSR count). The van der Waals surface area contributed by atoms with Gasteiger partial charge in [0.05, 0.1) is 0 Å². The van der Waals surface area contributed by atoms with Crippen LogP contribution in [0.25, 0.3) is 21.9 Å². The Morgan fingerprint density at radius 1 is 0.220 bits per heavy atom. The number of hydrogen-bond donors (Lipinski definition) is 0. The molecule has 0 unspecified atom stereocenters. The van der Waals surface area contributed by atoms with Gasteiger partial charge in [-0.2, -0.15) is 0 Å². The third kappa shape index (κ3) is 7.27. The largest absolute Gasteiger partial charge is 0.311 e. The van der Waals surface area contributed by atoms with Crippen LogP contribution in [0.1, 0.15) is 200 Å². The van der Waals surface area contributed by atoms with Crippen LogP contribution in [0.3, 0.4) is 0 Å². The Morgan fingerprint density at radius 3 is 0.857 bits per heavy atom. The number of fused-ring (bicyclic) bond motifs is 13. The Labute approximate surface area is 541 Å². The molecule has 0 atom stereocenters. The molecule has 0 aromatic heterocycles. The highest BCUT2D eigenvalue weighted by molar-refractivity contribution is 7.00. The zero-order valence-corrected chi connectivity index (χ0v) is 56.2. The van der Waals surface area contributed by atoms with Crippen LogP contribution in [0.2, 0.25) is 0 Å². The molecule has 0 radical (unpaired) electrons. The molecule has 11 aromatic rings. The lowest BCUT2D eigenvalue weighted by atomic mass is 9.32. The van der Waals surface area contributed by atoms with Gasteiger partial charge in [0.15, 0.2) is 0 Å². The van der Waals surface area contributed by atoms with Crippen LogP contribution < -0.4 is 26.2 Å². The molecule has 0 N–H and O–H groups in total. The van der Waals surface area contributed by atoms with E-state index in [1.165, 1.54) is 161 Å². The predicted octanol–water partition coefficient (Wildman–Crippen LogP) is 20.5. The first-order chi connectivity index (χ1) is 43.2. The van der Waals surface area contributed by atoms with Crippen LogP contribution in [0.15, 0.2) is 212 Å². The van der Waals surface area contributed by atoms with Gasteiger partial charge in [0.25, 0.3) is 6.71 Å². The van der Waals surface area contributed by atoms with E-state index in [1.54, 1.807) is 0 Å². The van der Waals surface area contributed by atoms with E-state index < -0.39 is 0 Å². The van der Waals surface area contributed by atoms with E-state index in [0.717, 1.165) is 0 Å². The summed E-state index contributed by atoms with van der Waals surface area (Å²) < 4.78 is 0. The number of hydrogen-bond acceptors (Lipinski definition) is 2. The summed E-state index contributed by atoms with van der Waals surface area (Å²) in [4.78, 5) is 5.48. The first kappa shape index (κ1) is 56.3. The quantitative estimate of drug-likeness (QED) is 0.163. The van der Waals surface area contributed by atoms with E-state index in [-0.39, 0.29) is 50.0 Å². The molecular formula is C88H83BN2. The van der Waals surface area contributed by atoms with Crippen molar-refractivity contribution in [1.82, 2.24) is 0 Å². The van der Waals surface area contributed by atoms with E-state index >= 15 is 0 Å². The third-order valence-corrected chi connectivity index (χ3v) is 24.4. The van der Waals surface area contributed by atoms with Gasteiger partial charge in [-0.15, -0.1) is 0 Å². The minimum atomic E-state index is -0.287. The van der Waals surface area contributed by atoms with Crippen LogP contribution >= 0.6 is 0 Å². The van der Waals surface area contributed by atoms with Crippen molar-refractivity contribution in [2.75, 3.05) is 9.80 Å². The Balaban J connectivity index is 1.03. The molecule has 91 heavy (non-hydrogen) atoms. The normalized spacial score (nSPS) is 19.0. The molecule has 2 heterocycles. The summed E-state index contributed by atoms with van der Waals surface area (Å²) >= 11 is 0. The summed E-state index contributed by atoms with van der Waals surface area (Å²) in [6.07, 6.45) is 0. The molecule has 0 saturated heterocycles. The average molecular weight is 1180 g/mol. The van der Waals surface area contributed by atoms with E-state index in [0.29, 0.717) is 0 Å². The maximum atomic E-state index is 2.74. The lowest BCUT2D eigenvalue weighted by Gasteiger charge is -2.50. The SMILES string of the molecule is CC1(C)c2ccccc2C(C)(C)c2cc(N3c4cc5c(cc4B4c6cc7c(cc6N(c6ccc8c(c6)C(C)(C)c6ccccc6C8(C)C)c6cc(-c8ccc9ccccc9c8)cc3c64)C(C)(C)c3ccccc3C7(C)C)C(C)(C)c3ccccc3C5(C)C)ccc21. The summed E-state index contributed by atoms with van der Waals surface area (Å²) in [5, 5.41) is 2.48. The fourth-order valence-electron chi connectivity index (χ4n) is 19.2. The van der Waals surface area contributed by atoms with Gasteiger partial charge in [0, 0.05) is 77.4 Å². The van der Waals surface area contributed by atoms with Gasteiger partial charge in [-0.25, -0.2) is 0 Å². The summed E-state index contributed by atoms with van der Waals surface area (Å²) in [7, 11) is 0. The van der Waals surface area contributed by atoms with Gasteiger partial charge >= 0.3 is 0 Å². The van der Waals surface area contributed by atoms with Crippen molar-refractivity contribution in [2.45, 2.75) is 154 Å². The average Bonchev–Trinajstić information content (AvgIpc) is 0.683. The van der Waals surface area contributed by atoms with Gasteiger partial charge < -0.3 is 9.80 Å². The number of rotatable bonds is 3. The molecule has 3 heteroatoms. The first-order valence-corrected chi connectivity index (χ1v) is 33.5. The second kappa shape index (κ2) is 18.1. The fraction of sp³-hybridized carbons (Fsp3) is 0.273. The smallest absolute Gasteiger partial charge is 0.252 e. The Hall–Kier alpha value is -8.66. The summed E-state index contributed by atoms with van der Waals surface area (Å²) in [5.41, 5.74) is 34.2. The van der Waals surface area contributed by atoms with Crippen LogP contribution in [0, 0.1) is 0 Å². The topological polar surface area (TPSA) is 6.48 Å². The highest BCUT2D eigenvalue weighted by Gasteiger charge is 2.52. The molecule has 0 spiro atoms. The van der Waals surface area contributed by atoms with Crippen molar-refractivity contribution in [2.24, 2.45) is 0 Å². The van der Waals surface area contributed by atoms with Gasteiger partial charge in [0.2, 0.25) is 0 Å². The van der Waals surface area contributed by atoms with E-state index in [1.807, 2.05) is 0 Å². The number of anilines is 6. The van der Waals surface area contributed by atoms with Gasteiger partial charge in [0.1, 0.15) is 0 Å². The minimum absolute atomic E-state index is 0.129. The molecule has 0 fully saturated rings. The second-order valence-corrected chi connectivity index (χ2v) is 32.1. The zero-order valence-electron chi connectivity index (χ0n) is 56.2. The summed E-state index contributed by atoms with van der Waals surface area (Å²) in [6, 6.07) is 84.2. The van der Waals surface area contributed by atoms with E-state index in [4.69, 9.17) is 0 Å². The van der Waals surface area contributed by atoms with Crippen LogP contribution in [-0.4, -0.2) is 6.71 Å². The van der Waals surface area contributed by atoms with Crippen molar-refractivity contribution in [3.63, 3.8) is 0 Å². The van der Waals surface area contributed by atoms with Gasteiger partial charge in [-0.3, -0.25) is 0 Å². The molecule has 4 aliphatic carbocycles. The molecule has 2 aliphatic heterocycles. The van der Waals surface area contributed by atoms with Gasteiger partial charge in [-0.1, -0.05) is 269 Å². The lowest BCUT2D eigenvalue weighted by Crippen LogP contribution is -2.62. The molecular weight excluding hydrogens is 1100 g/mol. The van der Waals surface area contributed by atoms with E-state index in [9.17, 15) is 0 Å².